The maximum Gasteiger partial charge on any atom is 0.224 e. The van der Waals surface area contributed by atoms with Gasteiger partial charge in [-0.2, -0.15) is 0 Å². The van der Waals surface area contributed by atoms with Crippen LogP contribution in [0.15, 0.2) is 58.2 Å². The van der Waals surface area contributed by atoms with E-state index >= 15 is 0 Å². The van der Waals surface area contributed by atoms with E-state index in [4.69, 9.17) is 14.2 Å². The summed E-state index contributed by atoms with van der Waals surface area (Å²) in [6, 6.07) is 14.4. The number of anilines is 2. The number of rotatable bonds is 11. The molecule has 0 saturated carbocycles. The number of hydrogen-bond donors (Lipinski definition) is 3. The normalized spacial score (nSPS) is 13.6. The average Bonchev–Trinajstić information content (AvgIpc) is 3.22. The first-order valence-electron chi connectivity index (χ1n) is 13.7. The van der Waals surface area contributed by atoms with Crippen LogP contribution in [0.4, 0.5) is 11.4 Å². The first kappa shape index (κ1) is 30.8. The Balaban J connectivity index is 1.61. The van der Waals surface area contributed by atoms with Gasteiger partial charge in [-0.25, -0.2) is 0 Å². The van der Waals surface area contributed by atoms with Crippen LogP contribution in [0.5, 0.6) is 17.2 Å². The van der Waals surface area contributed by atoms with Crippen LogP contribution in [-0.4, -0.2) is 45.9 Å². The maximum atomic E-state index is 13.4. The highest BCUT2D eigenvalue weighted by molar-refractivity contribution is 7.98. The summed E-state index contributed by atoms with van der Waals surface area (Å²) in [6.45, 7) is 1.90. The number of aryl methyl sites for hydroxylation is 1. The van der Waals surface area contributed by atoms with Gasteiger partial charge in [0.1, 0.15) is 0 Å². The second-order valence-electron chi connectivity index (χ2n) is 9.91. The van der Waals surface area contributed by atoms with Gasteiger partial charge in [-0.3, -0.25) is 14.4 Å². The smallest absolute Gasteiger partial charge is 0.224 e. The molecule has 0 radical (unpaired) electrons. The number of thioether (sulfide) groups is 1. The molecule has 10 heteroatoms. The molecule has 42 heavy (non-hydrogen) atoms. The van der Waals surface area contributed by atoms with Crippen molar-refractivity contribution in [1.82, 2.24) is 5.32 Å². The highest BCUT2D eigenvalue weighted by Gasteiger charge is 2.29. The Labute approximate surface area is 250 Å². The number of nitrogens with one attached hydrogen (secondary N) is 3. The second-order valence-corrected chi connectivity index (χ2v) is 10.8. The van der Waals surface area contributed by atoms with Crippen LogP contribution in [0.1, 0.15) is 43.4 Å². The predicted octanol–water partition coefficient (Wildman–Crippen LogP) is 5.42. The highest BCUT2D eigenvalue weighted by Crippen LogP contribution is 2.50. The van der Waals surface area contributed by atoms with Crippen molar-refractivity contribution in [1.29, 1.82) is 0 Å². The molecular formula is C32H37N3O6S. The lowest BCUT2D eigenvalue weighted by atomic mass is 9.95. The quantitative estimate of drug-likeness (QED) is 0.200. The molecule has 0 fully saturated rings. The minimum absolute atomic E-state index is 0.0889. The van der Waals surface area contributed by atoms with Crippen molar-refractivity contribution in [3.63, 3.8) is 0 Å². The van der Waals surface area contributed by atoms with Crippen molar-refractivity contribution < 1.29 is 23.8 Å². The van der Waals surface area contributed by atoms with Crippen LogP contribution in [-0.2, 0) is 16.0 Å². The number of amides is 2. The van der Waals surface area contributed by atoms with E-state index in [2.05, 4.69) is 16.0 Å². The van der Waals surface area contributed by atoms with E-state index < -0.39 is 0 Å². The summed E-state index contributed by atoms with van der Waals surface area (Å²) in [7, 11) is 4.69. The zero-order valence-corrected chi connectivity index (χ0v) is 25.4. The van der Waals surface area contributed by atoms with Crippen molar-refractivity contribution in [3.05, 3.63) is 69.9 Å². The minimum Gasteiger partial charge on any atom is -0.493 e. The van der Waals surface area contributed by atoms with Gasteiger partial charge in [-0.1, -0.05) is 12.1 Å². The first-order valence-corrected chi connectivity index (χ1v) is 15.0. The lowest BCUT2D eigenvalue weighted by Crippen LogP contribution is -2.26. The van der Waals surface area contributed by atoms with E-state index in [1.807, 2.05) is 42.7 Å². The Kier molecular flexibility index (Phi) is 10.4. The van der Waals surface area contributed by atoms with Crippen molar-refractivity contribution in [2.24, 2.45) is 0 Å². The van der Waals surface area contributed by atoms with Gasteiger partial charge in [0.15, 0.2) is 11.5 Å². The molecule has 0 unspecified atom stereocenters. The number of fused-ring (bicyclic) bond motifs is 3. The molecule has 9 nitrogen and oxygen atoms in total. The molecule has 0 saturated heterocycles. The van der Waals surface area contributed by atoms with Crippen LogP contribution < -0.4 is 35.6 Å². The summed E-state index contributed by atoms with van der Waals surface area (Å²) >= 11 is 1.61. The molecule has 0 aromatic heterocycles. The topological polar surface area (TPSA) is 115 Å². The molecular weight excluding hydrogens is 554 g/mol. The standard InChI is InChI=1S/C32H37N3O6S/c1-19(36)34-25-13-11-20-16-28(39-2)31(40-3)32(41-4)30(20)23-12-14-26(27(37)18-24(23)25)33-15-7-10-29(38)35-21-8-6-9-22(17-21)42-5/h6,8-9,12,14,16-18,25H,7,10-11,13,15H2,1-5H3,(H,33,37)(H,34,36)(H,35,38)/t25-/m0/s1. The van der Waals surface area contributed by atoms with Crippen molar-refractivity contribution in [2.75, 3.05) is 44.8 Å². The fourth-order valence-corrected chi connectivity index (χ4v) is 5.71. The predicted molar refractivity (Wildman–Crippen MR) is 167 cm³/mol. The number of ether oxygens (including phenoxy) is 3. The number of methoxy groups -OCH3 is 3. The van der Waals surface area contributed by atoms with Gasteiger partial charge in [0.2, 0.25) is 23.0 Å². The van der Waals surface area contributed by atoms with E-state index in [0.717, 1.165) is 27.3 Å². The van der Waals surface area contributed by atoms with Crippen molar-refractivity contribution >= 4 is 35.0 Å². The Bertz CT molecular complexity index is 1530. The van der Waals surface area contributed by atoms with Gasteiger partial charge < -0.3 is 30.2 Å². The Morgan fingerprint density at radius 3 is 2.48 bits per heavy atom. The molecule has 222 valence electrons. The third kappa shape index (κ3) is 6.99. The third-order valence-electron chi connectivity index (χ3n) is 7.17. The van der Waals surface area contributed by atoms with Gasteiger partial charge in [0, 0.05) is 36.0 Å². The largest absolute Gasteiger partial charge is 0.493 e. The minimum atomic E-state index is -0.382. The van der Waals surface area contributed by atoms with Crippen LogP contribution in [0.3, 0.4) is 0 Å². The van der Waals surface area contributed by atoms with E-state index in [0.29, 0.717) is 60.7 Å². The molecule has 4 rings (SSSR count). The fourth-order valence-electron chi connectivity index (χ4n) is 5.25. The van der Waals surface area contributed by atoms with Crippen LogP contribution in [0, 0.1) is 0 Å². The van der Waals surface area contributed by atoms with Gasteiger partial charge in [-0.05, 0) is 78.6 Å². The Hall–Kier alpha value is -4.18. The molecule has 1 aliphatic rings. The van der Waals surface area contributed by atoms with Gasteiger partial charge in [-0.15, -0.1) is 11.8 Å². The summed E-state index contributed by atoms with van der Waals surface area (Å²) in [4.78, 5) is 39.1. The number of hydrogen-bond acceptors (Lipinski definition) is 8. The molecule has 3 N–H and O–H groups in total. The molecule has 3 aromatic rings. The monoisotopic (exact) mass is 591 g/mol. The fraction of sp³-hybridized carbons (Fsp3) is 0.344. The SMILES string of the molecule is COc1cc2c(c(OC)c1OC)-c1ccc(NCCCC(=O)Nc3cccc(SC)c3)c(=O)cc1[C@@H](NC(C)=O)CC2. The molecule has 1 atom stereocenters. The van der Waals surface area contributed by atoms with E-state index in [1.165, 1.54) is 6.92 Å². The second kappa shape index (κ2) is 14.1. The maximum absolute atomic E-state index is 13.4. The lowest BCUT2D eigenvalue weighted by molar-refractivity contribution is -0.119. The summed E-state index contributed by atoms with van der Waals surface area (Å²) in [5, 5.41) is 9.14. The third-order valence-corrected chi connectivity index (χ3v) is 7.89. The zero-order chi connectivity index (χ0) is 30.2. The summed E-state index contributed by atoms with van der Waals surface area (Å²) in [6.07, 6.45) is 4.03. The van der Waals surface area contributed by atoms with Crippen molar-refractivity contribution in [2.45, 2.75) is 43.5 Å². The molecule has 3 aromatic carbocycles. The number of benzene rings is 2. The molecule has 0 bridgehead atoms. The van der Waals surface area contributed by atoms with Gasteiger partial charge >= 0.3 is 0 Å². The molecule has 0 heterocycles. The molecule has 0 aliphatic heterocycles. The average molecular weight is 592 g/mol. The van der Waals surface area contributed by atoms with Crippen LogP contribution in [0.25, 0.3) is 11.1 Å². The zero-order valence-electron chi connectivity index (χ0n) is 24.6. The highest BCUT2D eigenvalue weighted by atomic mass is 32.2. The van der Waals surface area contributed by atoms with E-state index in [9.17, 15) is 14.4 Å². The summed E-state index contributed by atoms with van der Waals surface area (Å²) in [5.74, 6) is 1.22. The molecule has 1 aliphatic carbocycles. The Morgan fingerprint density at radius 1 is 1.00 bits per heavy atom. The van der Waals surface area contributed by atoms with Gasteiger partial charge in [0.25, 0.3) is 0 Å². The number of carbonyl (C=O) groups is 2. The van der Waals surface area contributed by atoms with Gasteiger partial charge in [0.05, 0.1) is 33.1 Å². The van der Waals surface area contributed by atoms with E-state index in [-0.39, 0.29) is 23.3 Å². The first-order chi connectivity index (χ1) is 20.3. The van der Waals surface area contributed by atoms with Crippen LogP contribution >= 0.6 is 11.8 Å². The summed E-state index contributed by atoms with van der Waals surface area (Å²) < 4.78 is 17.1. The summed E-state index contributed by atoms with van der Waals surface area (Å²) in [5.41, 5.74) is 4.15. The number of carbonyl (C=O) groups excluding carboxylic acids is 2. The molecule has 2 amide bonds. The van der Waals surface area contributed by atoms with E-state index in [1.54, 1.807) is 45.2 Å². The Morgan fingerprint density at radius 2 is 1.79 bits per heavy atom. The lowest BCUT2D eigenvalue weighted by Gasteiger charge is -2.19. The van der Waals surface area contributed by atoms with Crippen LogP contribution in [0.2, 0.25) is 0 Å². The van der Waals surface area contributed by atoms with Crippen molar-refractivity contribution in [3.8, 4) is 28.4 Å². The molecule has 0 spiro atoms.